The van der Waals surface area contributed by atoms with Crippen LogP contribution < -0.4 is 5.32 Å². The Morgan fingerprint density at radius 3 is 2.83 bits per heavy atom. The van der Waals surface area contributed by atoms with Crippen LogP contribution in [0.3, 0.4) is 0 Å². The minimum Gasteiger partial charge on any atom is -0.299 e. The van der Waals surface area contributed by atoms with Gasteiger partial charge in [-0.15, -0.1) is 0 Å². The molecular weight excluding hydrogens is 148 g/mol. The van der Waals surface area contributed by atoms with Gasteiger partial charge in [0.15, 0.2) is 0 Å². The van der Waals surface area contributed by atoms with Crippen molar-refractivity contribution in [2.75, 3.05) is 6.54 Å². The van der Waals surface area contributed by atoms with Crippen LogP contribution in [0.4, 0.5) is 0 Å². The second-order valence-corrected chi connectivity index (χ2v) is 4.09. The average molecular weight is 164 g/mol. The van der Waals surface area contributed by atoms with Crippen LogP contribution in [0.15, 0.2) is 0 Å². The van der Waals surface area contributed by atoms with E-state index in [1.54, 1.807) is 0 Å². The Balaban J connectivity index is 2.16. The van der Waals surface area contributed by atoms with E-state index < -0.39 is 0 Å². The van der Waals surface area contributed by atoms with Crippen molar-refractivity contribution in [1.82, 2.24) is 5.32 Å². The highest BCUT2D eigenvalue weighted by atomic mass is 15.0. The second kappa shape index (κ2) is 3.06. The van der Waals surface area contributed by atoms with Gasteiger partial charge in [-0.25, -0.2) is 0 Å². The van der Waals surface area contributed by atoms with Crippen molar-refractivity contribution >= 4 is 0 Å². The highest BCUT2D eigenvalue weighted by molar-refractivity contribution is 5.13. The number of hydrogen-bond acceptors (Lipinski definition) is 2. The molecule has 2 fully saturated rings. The summed E-state index contributed by atoms with van der Waals surface area (Å²) in [6.45, 7) is 1.05. The first-order valence-corrected chi connectivity index (χ1v) is 5.04. The summed E-state index contributed by atoms with van der Waals surface area (Å²) in [5.74, 6) is 0.644. The van der Waals surface area contributed by atoms with Gasteiger partial charge in [-0.3, -0.25) is 5.32 Å². The maximum Gasteiger partial charge on any atom is 0.109 e. The smallest absolute Gasteiger partial charge is 0.109 e. The van der Waals surface area contributed by atoms with Crippen molar-refractivity contribution in [3.8, 4) is 6.07 Å². The predicted octanol–water partition coefficient (Wildman–Crippen LogP) is 1.82. The van der Waals surface area contributed by atoms with E-state index in [0.717, 1.165) is 13.0 Å². The van der Waals surface area contributed by atoms with Gasteiger partial charge in [0, 0.05) is 0 Å². The van der Waals surface area contributed by atoms with Gasteiger partial charge in [0.05, 0.1) is 6.07 Å². The molecule has 1 aliphatic heterocycles. The maximum atomic E-state index is 9.16. The first-order chi connectivity index (χ1) is 5.87. The summed E-state index contributed by atoms with van der Waals surface area (Å²) < 4.78 is 0. The molecule has 0 amide bonds. The van der Waals surface area contributed by atoms with Gasteiger partial charge < -0.3 is 0 Å². The first kappa shape index (κ1) is 8.07. The standard InChI is InChI=1S/C10H16N2/c11-8-10-6-2-1-4-9(10)5-3-7-12-10/h9,12H,1-7H2/t9-,10-/m0/s1. The second-order valence-electron chi connectivity index (χ2n) is 4.09. The summed E-state index contributed by atoms with van der Waals surface area (Å²) in [5.41, 5.74) is -0.128. The van der Waals surface area contributed by atoms with Crippen LogP contribution in [0, 0.1) is 17.2 Å². The van der Waals surface area contributed by atoms with Crippen LogP contribution in [-0.2, 0) is 0 Å². The van der Waals surface area contributed by atoms with Crippen LogP contribution in [0.2, 0.25) is 0 Å². The number of rotatable bonds is 0. The van der Waals surface area contributed by atoms with Crippen molar-refractivity contribution in [3.63, 3.8) is 0 Å². The maximum absolute atomic E-state index is 9.16. The molecule has 12 heavy (non-hydrogen) atoms. The van der Waals surface area contributed by atoms with Gasteiger partial charge >= 0.3 is 0 Å². The molecule has 0 aromatic carbocycles. The Labute approximate surface area is 74.0 Å². The minimum atomic E-state index is -0.128. The van der Waals surface area contributed by atoms with Crippen LogP contribution in [-0.4, -0.2) is 12.1 Å². The number of hydrogen-bond donors (Lipinski definition) is 1. The van der Waals surface area contributed by atoms with Gasteiger partial charge in [0.25, 0.3) is 0 Å². The third-order valence-corrected chi connectivity index (χ3v) is 3.44. The largest absolute Gasteiger partial charge is 0.299 e. The van der Waals surface area contributed by atoms with Crippen molar-refractivity contribution in [3.05, 3.63) is 0 Å². The third-order valence-electron chi connectivity index (χ3n) is 3.44. The summed E-state index contributed by atoms with van der Waals surface area (Å²) in [4.78, 5) is 0. The fraction of sp³-hybridized carbons (Fsp3) is 0.900. The topological polar surface area (TPSA) is 35.8 Å². The number of fused-ring (bicyclic) bond motifs is 1. The summed E-state index contributed by atoms with van der Waals surface area (Å²) in [5, 5.41) is 12.6. The summed E-state index contributed by atoms with van der Waals surface area (Å²) in [7, 11) is 0. The molecule has 0 unspecified atom stereocenters. The van der Waals surface area contributed by atoms with Crippen molar-refractivity contribution in [1.29, 1.82) is 5.26 Å². The number of nitrogens with one attached hydrogen (secondary N) is 1. The zero-order chi connectivity index (χ0) is 8.44. The lowest BCUT2D eigenvalue weighted by molar-refractivity contribution is 0.153. The monoisotopic (exact) mass is 164 g/mol. The summed E-state index contributed by atoms with van der Waals surface area (Å²) in [6, 6.07) is 2.51. The summed E-state index contributed by atoms with van der Waals surface area (Å²) >= 11 is 0. The van der Waals surface area contributed by atoms with E-state index >= 15 is 0 Å². The molecular formula is C10H16N2. The molecule has 2 aliphatic rings. The van der Waals surface area contributed by atoms with Crippen molar-refractivity contribution in [2.24, 2.45) is 5.92 Å². The Bertz CT molecular complexity index is 192. The SMILES string of the molecule is N#C[C@@]12CCCC[C@H]1CCCN2. The molecule has 1 saturated heterocycles. The Morgan fingerprint density at radius 1 is 1.25 bits per heavy atom. The molecule has 0 aromatic heterocycles. The van der Waals surface area contributed by atoms with Crippen LogP contribution in [0.1, 0.15) is 38.5 Å². The Hall–Kier alpha value is -0.550. The van der Waals surface area contributed by atoms with E-state index in [-0.39, 0.29) is 5.54 Å². The highest BCUT2D eigenvalue weighted by Crippen LogP contribution is 2.38. The lowest BCUT2D eigenvalue weighted by Crippen LogP contribution is -2.55. The van der Waals surface area contributed by atoms with Gasteiger partial charge in [0.2, 0.25) is 0 Å². The molecule has 1 N–H and O–H groups in total. The fourth-order valence-electron chi connectivity index (χ4n) is 2.72. The molecule has 0 bridgehead atoms. The molecule has 0 spiro atoms. The van der Waals surface area contributed by atoms with E-state index in [4.69, 9.17) is 5.26 Å². The van der Waals surface area contributed by atoms with Crippen LogP contribution in [0.25, 0.3) is 0 Å². The van der Waals surface area contributed by atoms with Crippen LogP contribution >= 0.6 is 0 Å². The summed E-state index contributed by atoms with van der Waals surface area (Å²) in [6.07, 6.45) is 7.43. The average Bonchev–Trinajstić information content (AvgIpc) is 2.18. The van der Waals surface area contributed by atoms with E-state index in [2.05, 4.69) is 11.4 Å². The predicted molar refractivity (Wildman–Crippen MR) is 47.5 cm³/mol. The van der Waals surface area contributed by atoms with E-state index in [0.29, 0.717) is 5.92 Å². The van der Waals surface area contributed by atoms with E-state index in [1.165, 1.54) is 32.1 Å². The molecule has 0 aromatic rings. The molecule has 2 rings (SSSR count). The molecule has 2 atom stereocenters. The van der Waals surface area contributed by atoms with Gasteiger partial charge in [-0.1, -0.05) is 12.8 Å². The molecule has 1 aliphatic carbocycles. The zero-order valence-electron chi connectivity index (χ0n) is 7.47. The normalized spacial score (nSPS) is 41.4. The first-order valence-electron chi connectivity index (χ1n) is 5.04. The van der Waals surface area contributed by atoms with Crippen molar-refractivity contribution in [2.45, 2.75) is 44.1 Å². The third kappa shape index (κ3) is 1.13. The van der Waals surface area contributed by atoms with Crippen LogP contribution in [0.5, 0.6) is 0 Å². The zero-order valence-corrected chi connectivity index (χ0v) is 7.47. The fourth-order valence-corrected chi connectivity index (χ4v) is 2.72. The van der Waals surface area contributed by atoms with Gasteiger partial charge in [0.1, 0.15) is 5.54 Å². The lowest BCUT2D eigenvalue weighted by atomic mass is 9.70. The Morgan fingerprint density at radius 2 is 2.08 bits per heavy atom. The molecule has 1 heterocycles. The molecule has 0 radical (unpaired) electrons. The number of nitriles is 1. The molecule has 2 heteroatoms. The lowest BCUT2D eigenvalue weighted by Gasteiger charge is -2.43. The quantitative estimate of drug-likeness (QED) is 0.593. The minimum absolute atomic E-state index is 0.128. The highest BCUT2D eigenvalue weighted by Gasteiger charge is 2.42. The van der Waals surface area contributed by atoms with Crippen molar-refractivity contribution < 1.29 is 0 Å². The number of piperidine rings is 1. The molecule has 1 saturated carbocycles. The molecule has 66 valence electrons. The Kier molecular flexibility index (Phi) is 2.06. The molecule has 2 nitrogen and oxygen atoms in total. The van der Waals surface area contributed by atoms with Gasteiger partial charge in [-0.05, 0) is 38.1 Å². The van der Waals surface area contributed by atoms with E-state index in [1.807, 2.05) is 0 Å². The van der Waals surface area contributed by atoms with Gasteiger partial charge in [-0.2, -0.15) is 5.26 Å². The number of nitrogens with zero attached hydrogens (tertiary/aromatic N) is 1. The van der Waals surface area contributed by atoms with E-state index in [9.17, 15) is 0 Å².